The van der Waals surface area contributed by atoms with Crippen LogP contribution in [0.3, 0.4) is 0 Å². The predicted octanol–water partition coefficient (Wildman–Crippen LogP) is 3.53. The van der Waals surface area contributed by atoms with Gasteiger partial charge in [-0.3, -0.25) is 9.79 Å². The lowest BCUT2D eigenvalue weighted by molar-refractivity contribution is -0.134. The number of hydrogen-bond donors (Lipinski definition) is 2. The maximum absolute atomic E-state index is 12.6. The smallest absolute Gasteiger partial charge is 0.225 e. The molecule has 1 aliphatic heterocycles. The van der Waals surface area contributed by atoms with Gasteiger partial charge in [0.2, 0.25) is 5.91 Å². The van der Waals surface area contributed by atoms with Crippen LogP contribution in [0, 0.1) is 5.92 Å². The van der Waals surface area contributed by atoms with Gasteiger partial charge in [-0.2, -0.15) is 0 Å². The van der Waals surface area contributed by atoms with Crippen LogP contribution in [-0.2, 0) is 24.1 Å². The molecule has 2 fully saturated rings. The van der Waals surface area contributed by atoms with Crippen molar-refractivity contribution in [2.24, 2.45) is 10.9 Å². The Morgan fingerprint density at radius 1 is 1.20 bits per heavy atom. The number of likely N-dealkylation sites (tertiary alicyclic amines) is 1. The molecule has 2 heterocycles. The number of aliphatic imine (C=N–C) groups is 1. The second-order valence-corrected chi connectivity index (χ2v) is 9.85. The highest BCUT2D eigenvalue weighted by Crippen LogP contribution is 2.28. The molecule has 1 saturated heterocycles. The molecule has 30 heavy (non-hydrogen) atoms. The summed E-state index contributed by atoms with van der Waals surface area (Å²) in [5.74, 6) is 1.51. The van der Waals surface area contributed by atoms with E-state index >= 15 is 0 Å². The van der Waals surface area contributed by atoms with Gasteiger partial charge in [0.05, 0.1) is 10.7 Å². The molecule has 1 unspecified atom stereocenters. The average molecular weight is 546 g/mol. The third kappa shape index (κ3) is 6.08. The third-order valence-corrected chi connectivity index (χ3v) is 7.74. The molecular formula is C22H36IN5OS. The largest absolute Gasteiger partial charge is 0.356 e. The molecule has 168 valence electrons. The van der Waals surface area contributed by atoms with E-state index in [0.29, 0.717) is 11.9 Å². The number of halogens is 1. The normalized spacial score (nSPS) is 22.0. The van der Waals surface area contributed by atoms with Gasteiger partial charge in [-0.1, -0.05) is 12.8 Å². The highest BCUT2D eigenvalue weighted by atomic mass is 127. The lowest BCUT2D eigenvalue weighted by Gasteiger charge is -2.21. The van der Waals surface area contributed by atoms with Gasteiger partial charge in [-0.05, 0) is 51.4 Å². The lowest BCUT2D eigenvalue weighted by Crippen LogP contribution is -2.45. The zero-order valence-electron chi connectivity index (χ0n) is 18.1. The van der Waals surface area contributed by atoms with E-state index in [0.717, 1.165) is 57.7 Å². The van der Waals surface area contributed by atoms with Gasteiger partial charge >= 0.3 is 0 Å². The number of hydrogen-bond acceptors (Lipinski definition) is 4. The van der Waals surface area contributed by atoms with Crippen molar-refractivity contribution in [2.75, 3.05) is 26.7 Å². The van der Waals surface area contributed by atoms with Crippen molar-refractivity contribution < 1.29 is 4.79 Å². The van der Waals surface area contributed by atoms with Crippen molar-refractivity contribution in [3.8, 4) is 0 Å². The number of carbonyl (C=O) groups is 1. The Balaban J connectivity index is 0.00000256. The number of rotatable bonds is 6. The molecule has 0 bridgehead atoms. The highest BCUT2D eigenvalue weighted by molar-refractivity contribution is 14.0. The zero-order valence-corrected chi connectivity index (χ0v) is 21.3. The third-order valence-electron chi connectivity index (χ3n) is 6.52. The molecule has 1 saturated carbocycles. The summed E-state index contributed by atoms with van der Waals surface area (Å²) in [6.45, 7) is 2.57. The second kappa shape index (κ2) is 11.6. The van der Waals surface area contributed by atoms with Crippen LogP contribution >= 0.6 is 35.3 Å². The van der Waals surface area contributed by atoms with Crippen LogP contribution in [0.15, 0.2) is 4.99 Å². The maximum Gasteiger partial charge on any atom is 0.225 e. The molecule has 0 spiro atoms. The van der Waals surface area contributed by atoms with Crippen molar-refractivity contribution in [3.05, 3.63) is 15.6 Å². The molecular weight excluding hydrogens is 509 g/mol. The average Bonchev–Trinajstić information content (AvgIpc) is 3.50. The molecule has 1 aromatic heterocycles. The van der Waals surface area contributed by atoms with E-state index in [4.69, 9.17) is 4.98 Å². The number of guanidine groups is 1. The molecule has 2 aliphatic carbocycles. The first-order chi connectivity index (χ1) is 14.2. The minimum Gasteiger partial charge on any atom is -0.356 e. The molecule has 0 radical (unpaired) electrons. The standard InChI is InChI=1S/C22H35N5OS.HI/c1-23-22(24-13-6-11-20-26-18-9-4-5-10-19(18)29-20)25-17-12-14-27(15-17)21(28)16-7-2-3-8-16;/h16-17H,2-15H2,1H3,(H2,23,24,25);1H. The number of thiazole rings is 1. The van der Waals surface area contributed by atoms with Crippen molar-refractivity contribution in [3.63, 3.8) is 0 Å². The molecule has 1 amide bonds. The number of aromatic nitrogens is 1. The molecule has 1 atom stereocenters. The lowest BCUT2D eigenvalue weighted by atomic mass is 10.0. The van der Waals surface area contributed by atoms with Gasteiger partial charge in [-0.25, -0.2) is 4.98 Å². The van der Waals surface area contributed by atoms with Crippen LogP contribution in [0.2, 0.25) is 0 Å². The fourth-order valence-electron chi connectivity index (χ4n) is 4.86. The SMILES string of the molecule is CN=C(NCCCc1nc2c(s1)CCCC2)NC1CCN(C(=O)C2CCCC2)C1.I. The molecule has 8 heteroatoms. The number of amides is 1. The summed E-state index contributed by atoms with van der Waals surface area (Å²) in [5, 5.41) is 8.24. The highest BCUT2D eigenvalue weighted by Gasteiger charge is 2.32. The Kier molecular flexibility index (Phi) is 9.22. The van der Waals surface area contributed by atoms with Gasteiger partial charge in [0.1, 0.15) is 0 Å². The summed E-state index contributed by atoms with van der Waals surface area (Å²) in [7, 11) is 1.82. The minimum absolute atomic E-state index is 0. The van der Waals surface area contributed by atoms with Crippen LogP contribution in [0.5, 0.6) is 0 Å². The Morgan fingerprint density at radius 2 is 2.00 bits per heavy atom. The van der Waals surface area contributed by atoms with Gasteiger partial charge in [0.25, 0.3) is 0 Å². The fraction of sp³-hybridized carbons (Fsp3) is 0.773. The van der Waals surface area contributed by atoms with Crippen molar-refractivity contribution in [2.45, 2.75) is 76.7 Å². The Morgan fingerprint density at radius 3 is 2.77 bits per heavy atom. The zero-order chi connectivity index (χ0) is 20.1. The maximum atomic E-state index is 12.6. The van der Waals surface area contributed by atoms with Gasteiger partial charge in [-0.15, -0.1) is 35.3 Å². The number of aryl methyl sites for hydroxylation is 3. The minimum atomic E-state index is 0. The molecule has 2 N–H and O–H groups in total. The van der Waals surface area contributed by atoms with Gasteiger partial charge in [0, 0.05) is 49.9 Å². The first-order valence-corrected chi connectivity index (χ1v) is 12.3. The summed E-state index contributed by atoms with van der Waals surface area (Å²) < 4.78 is 0. The molecule has 0 aromatic carbocycles. The van der Waals surface area contributed by atoms with Crippen molar-refractivity contribution in [1.82, 2.24) is 20.5 Å². The number of fused-ring (bicyclic) bond motifs is 1. The molecule has 1 aromatic rings. The Labute approximate surface area is 201 Å². The van der Waals surface area contributed by atoms with E-state index in [1.807, 2.05) is 18.4 Å². The summed E-state index contributed by atoms with van der Waals surface area (Å²) in [6.07, 6.45) is 12.7. The van der Waals surface area contributed by atoms with E-state index in [1.165, 1.54) is 54.1 Å². The molecule has 3 aliphatic rings. The summed E-state index contributed by atoms with van der Waals surface area (Å²) >= 11 is 1.92. The van der Waals surface area contributed by atoms with Crippen molar-refractivity contribution in [1.29, 1.82) is 0 Å². The first kappa shape index (κ1) is 23.8. The van der Waals surface area contributed by atoms with E-state index in [2.05, 4.69) is 20.5 Å². The summed E-state index contributed by atoms with van der Waals surface area (Å²) in [6, 6.07) is 0.303. The number of nitrogens with one attached hydrogen (secondary N) is 2. The summed E-state index contributed by atoms with van der Waals surface area (Å²) in [4.78, 5) is 25.4. The van der Waals surface area contributed by atoms with E-state index < -0.39 is 0 Å². The molecule has 4 rings (SSSR count). The van der Waals surface area contributed by atoms with E-state index in [1.54, 1.807) is 0 Å². The van der Waals surface area contributed by atoms with Crippen LogP contribution in [-0.4, -0.2) is 54.5 Å². The Bertz CT molecular complexity index is 708. The predicted molar refractivity (Wildman–Crippen MR) is 134 cm³/mol. The van der Waals surface area contributed by atoms with Crippen LogP contribution in [0.1, 0.15) is 66.9 Å². The van der Waals surface area contributed by atoms with Crippen LogP contribution in [0.4, 0.5) is 0 Å². The topological polar surface area (TPSA) is 69.6 Å². The first-order valence-electron chi connectivity index (χ1n) is 11.5. The Hall–Kier alpha value is -0.900. The number of nitrogens with zero attached hydrogens (tertiary/aromatic N) is 3. The van der Waals surface area contributed by atoms with E-state index in [9.17, 15) is 4.79 Å². The quantitative estimate of drug-likeness (QED) is 0.249. The van der Waals surface area contributed by atoms with E-state index in [-0.39, 0.29) is 29.9 Å². The monoisotopic (exact) mass is 545 g/mol. The second-order valence-electron chi connectivity index (χ2n) is 8.68. The number of carbonyl (C=O) groups excluding carboxylic acids is 1. The van der Waals surface area contributed by atoms with Crippen LogP contribution in [0.25, 0.3) is 0 Å². The van der Waals surface area contributed by atoms with Crippen LogP contribution < -0.4 is 10.6 Å². The van der Waals surface area contributed by atoms with Gasteiger partial charge in [0.15, 0.2) is 5.96 Å². The molecule has 6 nitrogen and oxygen atoms in total. The summed E-state index contributed by atoms with van der Waals surface area (Å²) in [5.41, 5.74) is 1.36. The van der Waals surface area contributed by atoms with Gasteiger partial charge < -0.3 is 15.5 Å². The fourth-order valence-corrected chi connectivity index (χ4v) is 6.05. The van der Waals surface area contributed by atoms with Crippen molar-refractivity contribution >= 4 is 47.2 Å².